The zero-order chi connectivity index (χ0) is 21.7. The van der Waals surface area contributed by atoms with Gasteiger partial charge in [-0.15, -0.1) is 0 Å². The van der Waals surface area contributed by atoms with Gasteiger partial charge in [0.25, 0.3) is 0 Å². The van der Waals surface area contributed by atoms with E-state index in [-0.39, 0.29) is 11.2 Å². The van der Waals surface area contributed by atoms with Crippen LogP contribution in [0.25, 0.3) is 11.0 Å². The second-order valence-electron chi connectivity index (χ2n) is 9.09. The fourth-order valence-corrected chi connectivity index (χ4v) is 3.65. The molecule has 0 spiro atoms. The first kappa shape index (κ1) is 21.8. The molecule has 7 heteroatoms. The van der Waals surface area contributed by atoms with Crippen LogP contribution in [-0.2, 0) is 13.1 Å². The first-order valence-electron chi connectivity index (χ1n) is 10.6. The van der Waals surface area contributed by atoms with E-state index in [1.54, 1.807) is 6.20 Å². The summed E-state index contributed by atoms with van der Waals surface area (Å²) in [4.78, 5) is 13.3. The van der Waals surface area contributed by atoms with E-state index in [0.717, 1.165) is 56.0 Å². The van der Waals surface area contributed by atoms with Crippen molar-refractivity contribution >= 4 is 11.0 Å². The summed E-state index contributed by atoms with van der Waals surface area (Å²) in [5, 5.41) is 13.7. The van der Waals surface area contributed by atoms with Gasteiger partial charge in [-0.25, -0.2) is 9.97 Å². The largest absolute Gasteiger partial charge is 0.383 e. The number of fused-ring (bicyclic) bond motifs is 1. The third-order valence-corrected chi connectivity index (χ3v) is 5.09. The third-order valence-electron chi connectivity index (χ3n) is 5.09. The molecule has 1 aliphatic heterocycles. The van der Waals surface area contributed by atoms with Crippen molar-refractivity contribution in [1.82, 2.24) is 29.7 Å². The van der Waals surface area contributed by atoms with Crippen molar-refractivity contribution in [1.29, 1.82) is 5.26 Å². The molecule has 30 heavy (non-hydrogen) atoms. The molecular formula is C23H33N7. The van der Waals surface area contributed by atoms with Gasteiger partial charge >= 0.3 is 0 Å². The van der Waals surface area contributed by atoms with Gasteiger partial charge in [0.2, 0.25) is 5.82 Å². The summed E-state index contributed by atoms with van der Waals surface area (Å²) in [6, 6.07) is 4.23. The van der Waals surface area contributed by atoms with Crippen LogP contribution in [0.4, 0.5) is 0 Å². The Labute approximate surface area is 179 Å². The number of aromatic nitrogens is 3. The first-order chi connectivity index (χ1) is 14.3. The van der Waals surface area contributed by atoms with Crippen LogP contribution in [0.2, 0.25) is 0 Å². The van der Waals surface area contributed by atoms with Gasteiger partial charge < -0.3 is 14.8 Å². The summed E-state index contributed by atoms with van der Waals surface area (Å²) in [5.41, 5.74) is 3.31. The molecule has 0 aromatic carbocycles. The lowest BCUT2D eigenvalue weighted by Gasteiger charge is -2.25. The van der Waals surface area contributed by atoms with Gasteiger partial charge in [-0.05, 0) is 24.1 Å². The molecule has 1 N–H and O–H groups in total. The summed E-state index contributed by atoms with van der Waals surface area (Å²) >= 11 is 0. The zero-order valence-electron chi connectivity index (χ0n) is 18.8. The van der Waals surface area contributed by atoms with E-state index in [1.165, 1.54) is 5.69 Å². The van der Waals surface area contributed by atoms with Gasteiger partial charge in [-0.2, -0.15) is 5.26 Å². The molecule has 2 aromatic heterocycles. The van der Waals surface area contributed by atoms with Gasteiger partial charge in [-0.1, -0.05) is 33.8 Å². The van der Waals surface area contributed by atoms with Crippen molar-refractivity contribution in [2.75, 3.05) is 33.2 Å². The maximum absolute atomic E-state index is 9.22. The van der Waals surface area contributed by atoms with Crippen LogP contribution in [0.5, 0.6) is 0 Å². The molecule has 160 valence electrons. The Morgan fingerprint density at radius 1 is 1.33 bits per heavy atom. The van der Waals surface area contributed by atoms with Gasteiger partial charge in [0.05, 0.1) is 0 Å². The average Bonchev–Trinajstić information content (AvgIpc) is 3.02. The number of allylic oxidation sites excluding steroid dienone is 1. The molecule has 0 saturated carbocycles. The highest BCUT2D eigenvalue weighted by Gasteiger charge is 2.19. The normalized spacial score (nSPS) is 14.3. The van der Waals surface area contributed by atoms with E-state index in [9.17, 15) is 5.26 Å². The second-order valence-corrected chi connectivity index (χ2v) is 9.09. The van der Waals surface area contributed by atoms with Crippen LogP contribution in [0.15, 0.2) is 36.3 Å². The maximum atomic E-state index is 9.22. The van der Waals surface area contributed by atoms with Crippen molar-refractivity contribution in [3.8, 4) is 6.07 Å². The SMILES string of the molecule is CCN(CCNC1=CN(C)CC=C1)Cc1cc2cnc(C#N)nc2n1CC(C)(C)C. The molecule has 0 fully saturated rings. The predicted molar refractivity (Wildman–Crippen MR) is 121 cm³/mol. The van der Waals surface area contributed by atoms with Gasteiger partial charge in [0, 0.05) is 68.9 Å². The average molecular weight is 408 g/mol. The second kappa shape index (κ2) is 9.31. The molecule has 3 rings (SSSR count). The van der Waals surface area contributed by atoms with E-state index in [2.05, 4.69) is 94.9 Å². The molecule has 0 bridgehead atoms. The molecule has 3 heterocycles. The number of hydrogen-bond donors (Lipinski definition) is 1. The van der Waals surface area contributed by atoms with Crippen LogP contribution in [0.1, 0.15) is 39.2 Å². The van der Waals surface area contributed by atoms with Crippen LogP contribution >= 0.6 is 0 Å². The number of likely N-dealkylation sites (N-methyl/N-ethyl adjacent to an activating group) is 2. The minimum absolute atomic E-state index is 0.100. The quantitative estimate of drug-likeness (QED) is 0.725. The molecule has 1 aliphatic rings. The Morgan fingerprint density at radius 3 is 2.80 bits per heavy atom. The van der Waals surface area contributed by atoms with Crippen LogP contribution < -0.4 is 5.32 Å². The Kier molecular flexibility index (Phi) is 6.78. The van der Waals surface area contributed by atoms with E-state index in [1.807, 2.05) is 0 Å². The molecule has 0 saturated heterocycles. The zero-order valence-corrected chi connectivity index (χ0v) is 18.8. The lowest BCUT2D eigenvalue weighted by molar-refractivity contribution is 0.267. The minimum atomic E-state index is 0.100. The number of nitriles is 1. The van der Waals surface area contributed by atoms with Crippen molar-refractivity contribution in [3.63, 3.8) is 0 Å². The topological polar surface area (TPSA) is 73.0 Å². The summed E-state index contributed by atoms with van der Waals surface area (Å²) in [6.07, 6.45) is 8.22. The number of rotatable bonds is 8. The van der Waals surface area contributed by atoms with E-state index < -0.39 is 0 Å². The van der Waals surface area contributed by atoms with Crippen LogP contribution in [-0.4, -0.2) is 57.6 Å². The Morgan fingerprint density at radius 2 is 2.13 bits per heavy atom. The summed E-state index contributed by atoms with van der Waals surface area (Å²) in [7, 11) is 2.08. The van der Waals surface area contributed by atoms with Crippen molar-refractivity contribution in [3.05, 3.63) is 47.8 Å². The van der Waals surface area contributed by atoms with Crippen molar-refractivity contribution < 1.29 is 0 Å². The lowest BCUT2D eigenvalue weighted by atomic mass is 9.97. The van der Waals surface area contributed by atoms with Crippen molar-refractivity contribution in [2.45, 2.75) is 40.8 Å². The molecule has 0 amide bonds. The summed E-state index contributed by atoms with van der Waals surface area (Å²) in [6.45, 7) is 14.3. The molecular weight excluding hydrogens is 374 g/mol. The maximum Gasteiger partial charge on any atom is 0.234 e. The first-order valence-corrected chi connectivity index (χ1v) is 10.6. The van der Waals surface area contributed by atoms with Gasteiger partial charge in [-0.3, -0.25) is 4.90 Å². The predicted octanol–water partition coefficient (Wildman–Crippen LogP) is 3.10. The molecule has 0 atom stereocenters. The number of nitrogens with one attached hydrogen (secondary N) is 1. The van der Waals surface area contributed by atoms with Gasteiger partial charge in [0.1, 0.15) is 11.7 Å². The number of nitrogens with zero attached hydrogens (tertiary/aromatic N) is 6. The monoisotopic (exact) mass is 407 g/mol. The molecule has 0 unspecified atom stereocenters. The smallest absolute Gasteiger partial charge is 0.234 e. The highest BCUT2D eigenvalue weighted by molar-refractivity contribution is 5.77. The molecule has 0 aliphatic carbocycles. The van der Waals surface area contributed by atoms with Crippen LogP contribution in [0.3, 0.4) is 0 Å². The molecule has 7 nitrogen and oxygen atoms in total. The number of hydrogen-bond acceptors (Lipinski definition) is 6. The lowest BCUT2D eigenvalue weighted by Crippen LogP contribution is -2.33. The highest BCUT2D eigenvalue weighted by atomic mass is 15.2. The fraction of sp³-hybridized carbons (Fsp3) is 0.522. The summed E-state index contributed by atoms with van der Waals surface area (Å²) in [5.74, 6) is 0.220. The fourth-order valence-electron chi connectivity index (χ4n) is 3.65. The third kappa shape index (κ3) is 5.61. The van der Waals surface area contributed by atoms with E-state index in [0.29, 0.717) is 0 Å². The Hall–Kier alpha value is -2.85. The highest BCUT2D eigenvalue weighted by Crippen LogP contribution is 2.25. The van der Waals surface area contributed by atoms with Crippen molar-refractivity contribution in [2.24, 2.45) is 5.41 Å². The molecule has 2 aromatic rings. The summed E-state index contributed by atoms with van der Waals surface area (Å²) < 4.78 is 2.26. The minimum Gasteiger partial charge on any atom is -0.383 e. The Bertz CT molecular complexity index is 972. The van der Waals surface area contributed by atoms with E-state index in [4.69, 9.17) is 0 Å². The van der Waals surface area contributed by atoms with Crippen LogP contribution in [0, 0.1) is 16.7 Å². The standard InChI is InChI=1S/C23H33N7/c1-6-29(11-9-25-19-8-7-10-28(5)15-19)16-20-12-18-14-26-21(13-24)27-22(18)30(20)17-23(2,3)4/h7-8,12,14-15,25H,6,9-11,16-17H2,1-5H3. The Balaban J connectivity index is 1.76. The molecule has 0 radical (unpaired) electrons. The van der Waals surface area contributed by atoms with E-state index >= 15 is 0 Å². The van der Waals surface area contributed by atoms with Gasteiger partial charge in [0.15, 0.2) is 0 Å².